The summed E-state index contributed by atoms with van der Waals surface area (Å²) < 4.78 is 0. The van der Waals surface area contributed by atoms with Crippen LogP contribution in [0.15, 0.2) is 0 Å². The second kappa shape index (κ2) is 5.00. The Kier molecular flexibility index (Phi) is 3.94. The number of carboxylic acids is 1. The molecule has 15 heavy (non-hydrogen) atoms. The van der Waals surface area contributed by atoms with Crippen LogP contribution in [0.3, 0.4) is 0 Å². The molecule has 0 unspecified atom stereocenters. The zero-order valence-electron chi connectivity index (χ0n) is 9.27. The van der Waals surface area contributed by atoms with Gasteiger partial charge in [0.25, 0.3) is 0 Å². The molecule has 0 spiro atoms. The Morgan fingerprint density at radius 1 is 1.40 bits per heavy atom. The fraction of sp³-hybridized carbons (Fsp3) is 0.800. The predicted molar refractivity (Wildman–Crippen MR) is 55.6 cm³/mol. The minimum atomic E-state index is -0.950. The zero-order valence-corrected chi connectivity index (χ0v) is 9.27. The van der Waals surface area contributed by atoms with Gasteiger partial charge in [-0.15, -0.1) is 0 Å². The van der Waals surface area contributed by atoms with Crippen molar-refractivity contribution in [2.24, 2.45) is 5.92 Å². The molecule has 1 N–H and O–H groups in total. The third-order valence-electron chi connectivity index (χ3n) is 2.57. The quantitative estimate of drug-likeness (QED) is 0.738. The fourth-order valence-electron chi connectivity index (χ4n) is 1.36. The Hall–Kier alpha value is -1.26. The topological polar surface area (TPSA) is 60.9 Å². The Morgan fingerprint density at radius 2 is 2.00 bits per heavy atom. The highest BCUT2D eigenvalue weighted by Crippen LogP contribution is 2.29. The monoisotopic (exact) mass is 214 g/mol. The fourth-order valence-corrected chi connectivity index (χ4v) is 1.36. The second-order valence-corrected chi connectivity index (χ2v) is 4.01. The number of carboxylic acid groups (broad SMARTS) is 1. The summed E-state index contributed by atoms with van der Waals surface area (Å²) in [5.41, 5.74) is 0. The minimum Gasteiger partial charge on any atom is -0.480 e. The molecule has 0 aromatic rings. The number of hydrogen-bond donors (Lipinski definition) is 1. The number of aliphatic carboxylic acids is 1. The SMILES string of the molecule is CCN(C)C(=O)N(CC(=O)O)CC1CC1. The average molecular weight is 214 g/mol. The number of rotatable bonds is 5. The summed E-state index contributed by atoms with van der Waals surface area (Å²) in [6, 6.07) is -0.188. The lowest BCUT2D eigenvalue weighted by Crippen LogP contribution is -2.44. The third kappa shape index (κ3) is 3.77. The first-order valence-electron chi connectivity index (χ1n) is 5.26. The Labute approximate surface area is 89.7 Å². The van der Waals surface area contributed by atoms with E-state index < -0.39 is 5.97 Å². The van der Waals surface area contributed by atoms with Crippen LogP contribution < -0.4 is 0 Å². The zero-order chi connectivity index (χ0) is 11.4. The van der Waals surface area contributed by atoms with Crippen LogP contribution in [0.5, 0.6) is 0 Å². The van der Waals surface area contributed by atoms with Crippen molar-refractivity contribution in [1.82, 2.24) is 9.80 Å². The molecule has 0 saturated heterocycles. The summed E-state index contributed by atoms with van der Waals surface area (Å²) in [6.45, 7) is 2.85. The molecule has 0 aromatic heterocycles. The number of urea groups is 1. The van der Waals surface area contributed by atoms with Crippen molar-refractivity contribution in [2.75, 3.05) is 26.7 Å². The lowest BCUT2D eigenvalue weighted by Gasteiger charge is -2.26. The van der Waals surface area contributed by atoms with E-state index >= 15 is 0 Å². The standard InChI is InChI=1S/C10H18N2O3/c1-3-11(2)10(15)12(7-9(13)14)6-8-4-5-8/h8H,3-7H2,1-2H3,(H,13,14). The summed E-state index contributed by atoms with van der Waals surface area (Å²) >= 11 is 0. The first-order valence-corrected chi connectivity index (χ1v) is 5.26. The van der Waals surface area contributed by atoms with Gasteiger partial charge >= 0.3 is 12.0 Å². The van der Waals surface area contributed by atoms with Crippen LogP contribution in [-0.2, 0) is 4.79 Å². The highest BCUT2D eigenvalue weighted by atomic mass is 16.4. The van der Waals surface area contributed by atoms with Crippen molar-refractivity contribution < 1.29 is 14.7 Å². The number of amides is 2. The molecule has 1 aliphatic rings. The molecule has 0 atom stereocenters. The molecule has 0 aliphatic heterocycles. The van der Waals surface area contributed by atoms with Crippen molar-refractivity contribution in [1.29, 1.82) is 0 Å². The van der Waals surface area contributed by atoms with Crippen LogP contribution in [-0.4, -0.2) is 53.6 Å². The Bertz CT molecular complexity index is 251. The average Bonchev–Trinajstić information content (AvgIpc) is 2.97. The number of carbonyl (C=O) groups is 2. The lowest BCUT2D eigenvalue weighted by molar-refractivity contribution is -0.137. The Balaban J connectivity index is 2.52. The van der Waals surface area contributed by atoms with Gasteiger partial charge < -0.3 is 14.9 Å². The van der Waals surface area contributed by atoms with E-state index in [1.165, 1.54) is 9.80 Å². The normalized spacial score (nSPS) is 14.8. The predicted octanol–water partition coefficient (Wildman–Crippen LogP) is 0.855. The van der Waals surface area contributed by atoms with Crippen LogP contribution in [0, 0.1) is 5.92 Å². The number of hydrogen-bond acceptors (Lipinski definition) is 2. The van der Waals surface area contributed by atoms with E-state index in [1.807, 2.05) is 6.92 Å². The molecule has 1 fully saturated rings. The molecular weight excluding hydrogens is 196 g/mol. The van der Waals surface area contributed by atoms with E-state index in [-0.39, 0.29) is 12.6 Å². The van der Waals surface area contributed by atoms with Crippen molar-refractivity contribution in [3.63, 3.8) is 0 Å². The maximum absolute atomic E-state index is 11.8. The highest BCUT2D eigenvalue weighted by molar-refractivity contribution is 5.80. The van der Waals surface area contributed by atoms with Gasteiger partial charge in [-0.05, 0) is 25.7 Å². The van der Waals surface area contributed by atoms with Gasteiger partial charge in [-0.2, -0.15) is 0 Å². The molecule has 1 saturated carbocycles. The third-order valence-corrected chi connectivity index (χ3v) is 2.57. The van der Waals surface area contributed by atoms with E-state index in [0.29, 0.717) is 19.0 Å². The molecule has 1 aliphatic carbocycles. The van der Waals surface area contributed by atoms with Crippen LogP contribution in [0.1, 0.15) is 19.8 Å². The van der Waals surface area contributed by atoms with Gasteiger partial charge in [0.2, 0.25) is 0 Å². The summed E-state index contributed by atoms with van der Waals surface area (Å²) in [6.07, 6.45) is 2.22. The van der Waals surface area contributed by atoms with Crippen molar-refractivity contribution >= 4 is 12.0 Å². The molecule has 0 aromatic carbocycles. The van der Waals surface area contributed by atoms with E-state index in [1.54, 1.807) is 7.05 Å². The summed E-state index contributed by atoms with van der Waals surface area (Å²) in [7, 11) is 1.68. The van der Waals surface area contributed by atoms with Crippen molar-refractivity contribution in [2.45, 2.75) is 19.8 Å². The van der Waals surface area contributed by atoms with Crippen molar-refractivity contribution in [3.05, 3.63) is 0 Å². The van der Waals surface area contributed by atoms with Crippen molar-refractivity contribution in [3.8, 4) is 0 Å². The van der Waals surface area contributed by atoms with Crippen LogP contribution in [0.25, 0.3) is 0 Å². The smallest absolute Gasteiger partial charge is 0.323 e. The summed E-state index contributed by atoms with van der Waals surface area (Å²) in [5.74, 6) is -0.438. The van der Waals surface area contributed by atoms with Crippen LogP contribution >= 0.6 is 0 Å². The lowest BCUT2D eigenvalue weighted by atomic mass is 10.3. The van der Waals surface area contributed by atoms with E-state index in [2.05, 4.69) is 0 Å². The molecule has 5 nitrogen and oxygen atoms in total. The first kappa shape index (κ1) is 11.8. The van der Waals surface area contributed by atoms with Gasteiger partial charge in [0.15, 0.2) is 0 Å². The van der Waals surface area contributed by atoms with Gasteiger partial charge in [0, 0.05) is 20.1 Å². The summed E-state index contributed by atoms with van der Waals surface area (Å²) in [4.78, 5) is 25.3. The molecular formula is C10H18N2O3. The molecule has 1 rings (SSSR count). The second-order valence-electron chi connectivity index (χ2n) is 4.01. The largest absolute Gasteiger partial charge is 0.480 e. The number of carbonyl (C=O) groups excluding carboxylic acids is 1. The molecule has 2 amide bonds. The molecule has 5 heteroatoms. The summed E-state index contributed by atoms with van der Waals surface area (Å²) in [5, 5.41) is 8.71. The van der Waals surface area contributed by atoms with E-state index in [9.17, 15) is 9.59 Å². The van der Waals surface area contributed by atoms with Gasteiger partial charge in [0.05, 0.1) is 0 Å². The van der Waals surface area contributed by atoms with Crippen LogP contribution in [0.2, 0.25) is 0 Å². The maximum Gasteiger partial charge on any atom is 0.323 e. The minimum absolute atomic E-state index is 0.188. The van der Waals surface area contributed by atoms with E-state index in [4.69, 9.17) is 5.11 Å². The van der Waals surface area contributed by atoms with Gasteiger partial charge in [-0.3, -0.25) is 4.79 Å². The van der Waals surface area contributed by atoms with Crippen LogP contribution in [0.4, 0.5) is 4.79 Å². The van der Waals surface area contributed by atoms with E-state index in [0.717, 1.165) is 12.8 Å². The van der Waals surface area contributed by atoms with Gasteiger partial charge in [-0.1, -0.05) is 0 Å². The molecule has 0 heterocycles. The highest BCUT2D eigenvalue weighted by Gasteiger charge is 2.28. The molecule has 0 bridgehead atoms. The molecule has 0 radical (unpaired) electrons. The van der Waals surface area contributed by atoms with Gasteiger partial charge in [-0.25, -0.2) is 4.79 Å². The van der Waals surface area contributed by atoms with Gasteiger partial charge in [0.1, 0.15) is 6.54 Å². The first-order chi connectivity index (χ1) is 7.04. The maximum atomic E-state index is 11.8. The molecule has 86 valence electrons. The Morgan fingerprint density at radius 3 is 2.40 bits per heavy atom. The number of nitrogens with zero attached hydrogens (tertiary/aromatic N) is 2.